The highest BCUT2D eigenvalue weighted by Gasteiger charge is 2.60. The lowest BCUT2D eigenvalue weighted by molar-refractivity contribution is -0.158. The zero-order chi connectivity index (χ0) is 25.7. The molecule has 6 N–H and O–H groups in total. The van der Waals surface area contributed by atoms with E-state index in [0.29, 0.717) is 43.3 Å². The topological polar surface area (TPSA) is 157 Å². The van der Waals surface area contributed by atoms with Crippen LogP contribution in [0.15, 0.2) is 10.6 Å². The maximum absolute atomic E-state index is 13.1. The van der Waals surface area contributed by atoms with Crippen LogP contribution in [0.2, 0.25) is 0 Å². The third-order valence-electron chi connectivity index (χ3n) is 8.28. The van der Waals surface area contributed by atoms with Crippen LogP contribution in [0, 0.1) is 17.8 Å². The maximum Gasteiger partial charge on any atom is 0.353 e. The van der Waals surface area contributed by atoms with Gasteiger partial charge in [-0.05, 0) is 38.8 Å². The number of carboxylic acid groups (broad SMARTS) is 1. The molecular formula is C24H36N6O5S. The number of nitrogens with zero attached hydrogens (tertiary/aromatic N) is 2. The molecule has 5 heterocycles. The van der Waals surface area contributed by atoms with Crippen LogP contribution in [-0.4, -0.2) is 101 Å². The smallest absolute Gasteiger partial charge is 0.353 e. The third-order valence-corrected chi connectivity index (χ3v) is 9.79. The molecule has 36 heavy (non-hydrogen) atoms. The van der Waals surface area contributed by atoms with E-state index in [2.05, 4.69) is 16.0 Å². The quantitative estimate of drug-likeness (QED) is 0.251. The molecule has 198 valence electrons. The van der Waals surface area contributed by atoms with Crippen molar-refractivity contribution in [3.8, 4) is 0 Å². The first-order valence-electron chi connectivity index (χ1n) is 12.9. The normalized spacial score (nSPS) is 34.9. The highest BCUT2D eigenvalue weighted by molar-refractivity contribution is 8.03. The van der Waals surface area contributed by atoms with Crippen molar-refractivity contribution in [2.45, 2.75) is 62.5 Å². The van der Waals surface area contributed by atoms with Gasteiger partial charge < -0.3 is 36.6 Å². The van der Waals surface area contributed by atoms with Gasteiger partial charge in [0.05, 0.1) is 18.0 Å². The number of nitrogens with two attached hydrogens (primary N) is 1. The maximum atomic E-state index is 13.1. The standard InChI is InChI=1S/C24H36N6O5S/c1-11-19-18(12(2)28-17(31)5-13-7-26-8-13)23(33)30(19)20(24(34)35)21(11)36-15-6-16(27-9-15)22(32)29-4-3-14(25)10-29/h11-16,18-19,26-27H,3-10,25H2,1-2H3,(H,28,31)(H,34,35)/t11-,12-,14-,15+,16+,18-,19-/m1/s1. The lowest BCUT2D eigenvalue weighted by Crippen LogP contribution is -2.66. The number of β-lactam (4-membered cyclic amide) rings is 1. The fourth-order valence-electron chi connectivity index (χ4n) is 6.22. The van der Waals surface area contributed by atoms with Crippen molar-refractivity contribution in [3.05, 3.63) is 10.6 Å². The van der Waals surface area contributed by atoms with Gasteiger partial charge in [0.1, 0.15) is 5.70 Å². The number of nitrogens with one attached hydrogen (secondary N) is 3. The summed E-state index contributed by atoms with van der Waals surface area (Å²) >= 11 is 1.47. The minimum Gasteiger partial charge on any atom is -0.477 e. The Morgan fingerprint density at radius 2 is 2.03 bits per heavy atom. The van der Waals surface area contributed by atoms with Crippen LogP contribution in [0.4, 0.5) is 0 Å². The molecule has 5 aliphatic heterocycles. The molecule has 4 saturated heterocycles. The summed E-state index contributed by atoms with van der Waals surface area (Å²) in [5, 5.41) is 19.4. The van der Waals surface area contributed by atoms with Crippen molar-refractivity contribution in [3.63, 3.8) is 0 Å². The fraction of sp³-hybridized carbons (Fsp3) is 0.750. The van der Waals surface area contributed by atoms with Gasteiger partial charge in [0.25, 0.3) is 0 Å². The Morgan fingerprint density at radius 1 is 1.28 bits per heavy atom. The minimum atomic E-state index is -1.11. The van der Waals surface area contributed by atoms with E-state index < -0.39 is 11.9 Å². The summed E-state index contributed by atoms with van der Waals surface area (Å²) in [6.07, 6.45) is 1.84. The first-order valence-corrected chi connectivity index (χ1v) is 13.8. The second-order valence-corrected chi connectivity index (χ2v) is 12.2. The molecule has 3 amide bonds. The van der Waals surface area contributed by atoms with Crippen LogP contribution < -0.4 is 21.7 Å². The van der Waals surface area contributed by atoms with E-state index in [0.717, 1.165) is 19.5 Å². The summed E-state index contributed by atoms with van der Waals surface area (Å²) in [5.41, 5.74) is 6.00. The summed E-state index contributed by atoms with van der Waals surface area (Å²) in [7, 11) is 0. The van der Waals surface area contributed by atoms with E-state index >= 15 is 0 Å². The predicted molar refractivity (Wildman–Crippen MR) is 133 cm³/mol. The largest absolute Gasteiger partial charge is 0.477 e. The van der Waals surface area contributed by atoms with Crippen molar-refractivity contribution in [1.29, 1.82) is 0 Å². The van der Waals surface area contributed by atoms with E-state index in [1.54, 1.807) is 0 Å². The Kier molecular flexibility index (Phi) is 7.05. The second-order valence-electron chi connectivity index (χ2n) is 10.9. The molecule has 4 fully saturated rings. The number of thioether (sulfide) groups is 1. The Balaban J connectivity index is 1.23. The van der Waals surface area contributed by atoms with Crippen LogP contribution in [0.1, 0.15) is 33.1 Å². The highest BCUT2D eigenvalue weighted by Crippen LogP contribution is 2.51. The van der Waals surface area contributed by atoms with Crippen molar-refractivity contribution in [2.75, 3.05) is 32.7 Å². The van der Waals surface area contributed by atoms with Gasteiger partial charge in [-0.3, -0.25) is 14.4 Å². The van der Waals surface area contributed by atoms with Crippen molar-refractivity contribution in [1.82, 2.24) is 25.8 Å². The number of likely N-dealkylation sites (tertiary alicyclic amines) is 1. The summed E-state index contributed by atoms with van der Waals surface area (Å²) in [4.78, 5) is 54.5. The van der Waals surface area contributed by atoms with Crippen molar-refractivity contribution in [2.24, 2.45) is 23.5 Å². The SMILES string of the molecule is C[C@@H](NC(=O)CC1CNC1)[C@H]1C(=O)N2C(C(=O)O)=C(S[C@@H]3CN[C@H](C(=O)N4CC[C@@H](N)C4)C3)[C@H](C)[C@H]12. The first-order chi connectivity index (χ1) is 17.2. The van der Waals surface area contributed by atoms with Crippen LogP contribution >= 0.6 is 11.8 Å². The molecule has 5 rings (SSSR count). The monoisotopic (exact) mass is 520 g/mol. The van der Waals surface area contributed by atoms with Crippen LogP contribution in [0.3, 0.4) is 0 Å². The van der Waals surface area contributed by atoms with Gasteiger partial charge in [-0.2, -0.15) is 0 Å². The predicted octanol–water partition coefficient (Wildman–Crippen LogP) is -1.10. The number of carbonyl (C=O) groups is 4. The molecule has 12 heteroatoms. The van der Waals surface area contributed by atoms with E-state index in [4.69, 9.17) is 5.73 Å². The molecule has 0 aromatic carbocycles. The molecule has 0 spiro atoms. The summed E-state index contributed by atoms with van der Waals surface area (Å²) < 4.78 is 0. The molecule has 0 bridgehead atoms. The zero-order valence-corrected chi connectivity index (χ0v) is 21.6. The van der Waals surface area contributed by atoms with E-state index in [-0.39, 0.29) is 58.8 Å². The Bertz CT molecular complexity index is 986. The first kappa shape index (κ1) is 25.5. The fourth-order valence-corrected chi connectivity index (χ4v) is 7.70. The zero-order valence-electron chi connectivity index (χ0n) is 20.7. The molecule has 0 aromatic rings. The summed E-state index contributed by atoms with van der Waals surface area (Å²) in [6.45, 7) is 7.29. The van der Waals surface area contributed by atoms with Gasteiger partial charge in [0, 0.05) is 54.2 Å². The average Bonchev–Trinajstić information content (AvgIpc) is 3.49. The molecule has 0 unspecified atom stereocenters. The number of carbonyl (C=O) groups excluding carboxylic acids is 3. The van der Waals surface area contributed by atoms with Gasteiger partial charge >= 0.3 is 5.97 Å². The van der Waals surface area contributed by atoms with Crippen molar-refractivity contribution >= 4 is 35.5 Å². The number of hydrogen-bond donors (Lipinski definition) is 5. The number of amides is 3. The van der Waals surface area contributed by atoms with E-state index in [9.17, 15) is 24.3 Å². The number of hydrogen-bond acceptors (Lipinski definition) is 8. The van der Waals surface area contributed by atoms with Crippen LogP contribution in [0.5, 0.6) is 0 Å². The molecule has 5 aliphatic rings. The number of aliphatic carboxylic acids is 1. The number of carboxylic acids is 1. The third kappa shape index (κ3) is 4.52. The van der Waals surface area contributed by atoms with Crippen molar-refractivity contribution < 1.29 is 24.3 Å². The second kappa shape index (κ2) is 9.96. The lowest BCUT2D eigenvalue weighted by atomic mass is 9.78. The molecule has 11 nitrogen and oxygen atoms in total. The van der Waals surface area contributed by atoms with Gasteiger partial charge in [-0.1, -0.05) is 6.92 Å². The molecule has 0 saturated carbocycles. The van der Waals surface area contributed by atoms with Gasteiger partial charge in [0.2, 0.25) is 17.7 Å². The molecule has 0 aliphatic carbocycles. The Hall–Kier alpha value is -2.15. The van der Waals surface area contributed by atoms with Gasteiger partial charge in [-0.25, -0.2) is 4.79 Å². The van der Waals surface area contributed by atoms with Crippen LogP contribution in [0.25, 0.3) is 0 Å². The van der Waals surface area contributed by atoms with Crippen LogP contribution in [-0.2, 0) is 19.2 Å². The Morgan fingerprint density at radius 3 is 2.64 bits per heavy atom. The molecule has 0 radical (unpaired) electrons. The summed E-state index contributed by atoms with van der Waals surface area (Å²) in [5.74, 6) is -1.66. The van der Waals surface area contributed by atoms with E-state index in [1.807, 2.05) is 18.7 Å². The molecule has 7 atom stereocenters. The molecule has 0 aromatic heterocycles. The van der Waals surface area contributed by atoms with E-state index in [1.165, 1.54) is 16.7 Å². The minimum absolute atomic E-state index is 0.0283. The lowest BCUT2D eigenvalue weighted by Gasteiger charge is -2.47. The average molecular weight is 521 g/mol. The number of rotatable bonds is 8. The highest BCUT2D eigenvalue weighted by atomic mass is 32.2. The summed E-state index contributed by atoms with van der Waals surface area (Å²) in [6, 6.07) is -0.931. The van der Waals surface area contributed by atoms with Gasteiger partial charge in [-0.15, -0.1) is 11.8 Å². The van der Waals surface area contributed by atoms with Gasteiger partial charge in [0.15, 0.2) is 0 Å². The number of fused-ring (bicyclic) bond motifs is 1. The Labute approximate surface area is 214 Å². The molecular weight excluding hydrogens is 484 g/mol.